The average Bonchev–Trinajstić information content (AvgIpc) is 2.29. The van der Waals surface area contributed by atoms with Gasteiger partial charge in [0.25, 0.3) is 0 Å². The topological polar surface area (TPSA) is 67.4 Å². The third-order valence-corrected chi connectivity index (χ3v) is 2.15. The summed E-state index contributed by atoms with van der Waals surface area (Å²) < 4.78 is 4.80. The average molecular weight is 250 g/mol. The van der Waals surface area contributed by atoms with Crippen molar-refractivity contribution in [2.75, 3.05) is 18.5 Å². The Morgan fingerprint density at radius 3 is 2.78 bits per heavy atom. The number of carbonyl (C=O) groups excluding carboxylic acids is 2. The monoisotopic (exact) mass is 250 g/mol. The van der Waals surface area contributed by atoms with Crippen LogP contribution in [0.4, 0.5) is 5.69 Å². The Morgan fingerprint density at radius 1 is 1.33 bits per heavy atom. The van der Waals surface area contributed by atoms with E-state index in [-0.39, 0.29) is 18.4 Å². The Labute approximate surface area is 107 Å². The van der Waals surface area contributed by atoms with Crippen LogP contribution in [0.5, 0.6) is 0 Å². The minimum atomic E-state index is -0.268. The number of rotatable bonds is 6. The molecule has 1 amide bonds. The molecule has 98 valence electrons. The van der Waals surface area contributed by atoms with Gasteiger partial charge in [0.05, 0.1) is 13.2 Å². The third-order valence-electron chi connectivity index (χ3n) is 2.15. The molecule has 18 heavy (non-hydrogen) atoms. The molecule has 0 aliphatic heterocycles. The smallest absolute Gasteiger partial charge is 0.319 e. The first-order valence-electron chi connectivity index (χ1n) is 5.84. The molecule has 0 radical (unpaired) electrons. The summed E-state index contributed by atoms with van der Waals surface area (Å²) in [6.07, 6.45) is 0. The van der Waals surface area contributed by atoms with Crippen LogP contribution in [0.15, 0.2) is 24.3 Å². The zero-order valence-electron chi connectivity index (χ0n) is 10.7. The molecule has 2 N–H and O–H groups in total. The van der Waals surface area contributed by atoms with Crippen LogP contribution < -0.4 is 10.6 Å². The largest absolute Gasteiger partial charge is 0.465 e. The molecule has 0 aliphatic rings. The Morgan fingerprint density at radius 2 is 2.11 bits per heavy atom. The van der Waals surface area contributed by atoms with Gasteiger partial charge in [0.1, 0.15) is 0 Å². The SMILES string of the molecule is CCOC(=O)CNCc1cccc(NC(C)=O)c1. The maximum absolute atomic E-state index is 11.1. The molecule has 5 heteroatoms. The fourth-order valence-electron chi connectivity index (χ4n) is 1.48. The first-order chi connectivity index (χ1) is 8.61. The number of hydrogen-bond acceptors (Lipinski definition) is 4. The molecule has 5 nitrogen and oxygen atoms in total. The van der Waals surface area contributed by atoms with Gasteiger partial charge in [0.15, 0.2) is 0 Å². The van der Waals surface area contributed by atoms with E-state index < -0.39 is 0 Å². The second-order valence-electron chi connectivity index (χ2n) is 3.79. The van der Waals surface area contributed by atoms with Crippen LogP contribution in [0.2, 0.25) is 0 Å². The molecule has 0 unspecified atom stereocenters. The lowest BCUT2D eigenvalue weighted by atomic mass is 10.2. The van der Waals surface area contributed by atoms with Crippen LogP contribution in [-0.4, -0.2) is 25.0 Å². The lowest BCUT2D eigenvalue weighted by molar-refractivity contribution is -0.142. The van der Waals surface area contributed by atoms with Crippen molar-refractivity contribution < 1.29 is 14.3 Å². The van der Waals surface area contributed by atoms with Crippen molar-refractivity contribution in [3.63, 3.8) is 0 Å². The predicted octanol–water partition coefficient (Wildman–Crippen LogP) is 1.30. The highest BCUT2D eigenvalue weighted by Gasteiger charge is 2.01. The zero-order chi connectivity index (χ0) is 13.4. The molecule has 0 aliphatic carbocycles. The molecule has 1 rings (SSSR count). The number of benzene rings is 1. The van der Waals surface area contributed by atoms with Gasteiger partial charge in [-0.3, -0.25) is 9.59 Å². The van der Waals surface area contributed by atoms with Crippen molar-refractivity contribution >= 4 is 17.6 Å². The highest BCUT2D eigenvalue weighted by Crippen LogP contribution is 2.10. The van der Waals surface area contributed by atoms with Gasteiger partial charge >= 0.3 is 5.97 Å². The Kier molecular flexibility index (Phi) is 5.87. The van der Waals surface area contributed by atoms with Gasteiger partial charge in [-0.25, -0.2) is 0 Å². The normalized spacial score (nSPS) is 9.89. The lowest BCUT2D eigenvalue weighted by Crippen LogP contribution is -2.24. The summed E-state index contributed by atoms with van der Waals surface area (Å²) in [7, 11) is 0. The third kappa shape index (κ3) is 5.45. The standard InChI is InChI=1S/C13H18N2O3/c1-3-18-13(17)9-14-8-11-5-4-6-12(7-11)15-10(2)16/h4-7,14H,3,8-9H2,1-2H3,(H,15,16). The van der Waals surface area contributed by atoms with E-state index in [0.29, 0.717) is 13.2 Å². The van der Waals surface area contributed by atoms with E-state index in [1.165, 1.54) is 6.92 Å². The number of esters is 1. The summed E-state index contributed by atoms with van der Waals surface area (Å²) >= 11 is 0. The summed E-state index contributed by atoms with van der Waals surface area (Å²) in [6.45, 7) is 4.35. The molecule has 0 fully saturated rings. The maximum atomic E-state index is 11.1. The van der Waals surface area contributed by atoms with Crippen LogP contribution in [0.25, 0.3) is 0 Å². The van der Waals surface area contributed by atoms with Crippen LogP contribution in [0.1, 0.15) is 19.4 Å². The predicted molar refractivity (Wildman–Crippen MR) is 69.1 cm³/mol. The van der Waals surface area contributed by atoms with E-state index in [0.717, 1.165) is 11.3 Å². The van der Waals surface area contributed by atoms with Crippen molar-refractivity contribution in [2.24, 2.45) is 0 Å². The van der Waals surface area contributed by atoms with E-state index in [1.807, 2.05) is 24.3 Å². The van der Waals surface area contributed by atoms with E-state index >= 15 is 0 Å². The van der Waals surface area contributed by atoms with E-state index in [4.69, 9.17) is 4.74 Å². The molecule has 0 aromatic heterocycles. The summed E-state index contributed by atoms with van der Waals surface area (Å²) in [4.78, 5) is 22.0. The lowest BCUT2D eigenvalue weighted by Gasteiger charge is -2.07. The molecule has 0 spiro atoms. The van der Waals surface area contributed by atoms with Crippen LogP contribution in [-0.2, 0) is 20.9 Å². The van der Waals surface area contributed by atoms with Crippen molar-refractivity contribution in [3.05, 3.63) is 29.8 Å². The molecule has 0 saturated heterocycles. The van der Waals surface area contributed by atoms with Gasteiger partial charge in [-0.15, -0.1) is 0 Å². The number of ether oxygens (including phenoxy) is 1. The van der Waals surface area contributed by atoms with Gasteiger partial charge in [-0.1, -0.05) is 12.1 Å². The van der Waals surface area contributed by atoms with Crippen molar-refractivity contribution in [1.82, 2.24) is 5.32 Å². The van der Waals surface area contributed by atoms with Gasteiger partial charge in [-0.2, -0.15) is 0 Å². The second kappa shape index (κ2) is 7.45. The fourth-order valence-corrected chi connectivity index (χ4v) is 1.48. The van der Waals surface area contributed by atoms with E-state index in [9.17, 15) is 9.59 Å². The minimum Gasteiger partial charge on any atom is -0.465 e. The number of nitrogens with one attached hydrogen (secondary N) is 2. The van der Waals surface area contributed by atoms with Crippen LogP contribution in [0, 0.1) is 0 Å². The van der Waals surface area contributed by atoms with Crippen LogP contribution in [0.3, 0.4) is 0 Å². The number of anilines is 1. The molecular weight excluding hydrogens is 232 g/mol. The first-order valence-corrected chi connectivity index (χ1v) is 5.84. The highest BCUT2D eigenvalue weighted by molar-refractivity contribution is 5.88. The molecule has 1 aromatic rings. The van der Waals surface area contributed by atoms with Crippen molar-refractivity contribution in [3.8, 4) is 0 Å². The number of carbonyl (C=O) groups is 2. The first kappa shape index (κ1) is 14.2. The summed E-state index contributed by atoms with van der Waals surface area (Å²) in [5, 5.41) is 5.69. The fraction of sp³-hybridized carbons (Fsp3) is 0.385. The van der Waals surface area contributed by atoms with Crippen LogP contribution >= 0.6 is 0 Å². The summed E-state index contributed by atoms with van der Waals surface area (Å²) in [6, 6.07) is 7.45. The Bertz CT molecular complexity index is 418. The number of amides is 1. The summed E-state index contributed by atoms with van der Waals surface area (Å²) in [5.74, 6) is -0.373. The highest BCUT2D eigenvalue weighted by atomic mass is 16.5. The maximum Gasteiger partial charge on any atom is 0.319 e. The zero-order valence-corrected chi connectivity index (χ0v) is 10.7. The van der Waals surface area contributed by atoms with Gasteiger partial charge in [-0.05, 0) is 24.6 Å². The molecule has 0 heterocycles. The molecule has 0 saturated carbocycles. The molecule has 0 bridgehead atoms. The van der Waals surface area contributed by atoms with Crippen molar-refractivity contribution in [2.45, 2.75) is 20.4 Å². The second-order valence-corrected chi connectivity index (χ2v) is 3.79. The quantitative estimate of drug-likeness (QED) is 0.747. The molecule has 1 aromatic carbocycles. The van der Waals surface area contributed by atoms with Gasteiger partial charge < -0.3 is 15.4 Å². The number of hydrogen-bond donors (Lipinski definition) is 2. The Hall–Kier alpha value is -1.88. The summed E-state index contributed by atoms with van der Waals surface area (Å²) in [5.41, 5.74) is 1.74. The molecular formula is C13H18N2O3. The Balaban J connectivity index is 2.42. The van der Waals surface area contributed by atoms with E-state index in [1.54, 1.807) is 6.92 Å². The van der Waals surface area contributed by atoms with Gasteiger partial charge in [0.2, 0.25) is 5.91 Å². The molecule has 0 atom stereocenters. The van der Waals surface area contributed by atoms with Gasteiger partial charge in [0, 0.05) is 19.2 Å². The van der Waals surface area contributed by atoms with E-state index in [2.05, 4.69) is 10.6 Å². The minimum absolute atomic E-state index is 0.105. The van der Waals surface area contributed by atoms with Crippen molar-refractivity contribution in [1.29, 1.82) is 0 Å².